The van der Waals surface area contributed by atoms with E-state index < -0.39 is 0 Å². The Labute approximate surface area is 112 Å². The maximum absolute atomic E-state index is 11.9. The van der Waals surface area contributed by atoms with Crippen LogP contribution in [0.1, 0.15) is 66.7 Å². The van der Waals surface area contributed by atoms with Gasteiger partial charge in [0.15, 0.2) is 0 Å². The number of carbonyl (C=O) groups excluding carboxylic acids is 1. The fourth-order valence-corrected chi connectivity index (χ4v) is 3.50. The summed E-state index contributed by atoms with van der Waals surface area (Å²) in [7, 11) is 0. The van der Waals surface area contributed by atoms with Gasteiger partial charge in [0.25, 0.3) is 0 Å². The first-order valence-corrected chi connectivity index (χ1v) is 7.29. The quantitative estimate of drug-likeness (QED) is 0.716. The van der Waals surface area contributed by atoms with Gasteiger partial charge >= 0.3 is 0 Å². The average Bonchev–Trinajstić information content (AvgIpc) is 2.30. The van der Waals surface area contributed by atoms with Gasteiger partial charge in [0.1, 0.15) is 0 Å². The largest absolute Gasteiger partial charge is 0.352 e. The van der Waals surface area contributed by atoms with E-state index in [-0.39, 0.29) is 28.8 Å². The van der Waals surface area contributed by atoms with E-state index in [1.54, 1.807) is 0 Å². The number of hydrogen-bond donors (Lipinski definition) is 2. The van der Waals surface area contributed by atoms with Crippen LogP contribution < -0.4 is 11.1 Å². The fourth-order valence-electron chi connectivity index (χ4n) is 3.50. The minimum Gasteiger partial charge on any atom is -0.352 e. The maximum Gasteiger partial charge on any atom is 0.220 e. The van der Waals surface area contributed by atoms with Crippen molar-refractivity contribution in [2.24, 2.45) is 16.6 Å². The molecule has 0 bridgehead atoms. The van der Waals surface area contributed by atoms with Crippen LogP contribution in [0.2, 0.25) is 0 Å². The molecule has 1 fully saturated rings. The van der Waals surface area contributed by atoms with Gasteiger partial charge in [-0.3, -0.25) is 4.79 Å². The zero-order valence-electron chi connectivity index (χ0n) is 12.7. The molecule has 106 valence electrons. The maximum atomic E-state index is 11.9. The minimum atomic E-state index is 0.00256. The molecule has 1 rings (SSSR count). The predicted molar refractivity (Wildman–Crippen MR) is 76.2 cm³/mol. The van der Waals surface area contributed by atoms with Crippen LogP contribution in [0.5, 0.6) is 0 Å². The predicted octanol–water partition coefficient (Wildman–Crippen LogP) is 2.83. The van der Waals surface area contributed by atoms with Crippen LogP contribution in [0.4, 0.5) is 0 Å². The average molecular weight is 254 g/mol. The Morgan fingerprint density at radius 2 is 1.67 bits per heavy atom. The normalized spacial score (nSPS) is 28.6. The molecule has 0 aromatic heterocycles. The summed E-state index contributed by atoms with van der Waals surface area (Å²) in [6, 6.07) is 0.342. The summed E-state index contributed by atoms with van der Waals surface area (Å²) in [4.78, 5) is 11.9. The first-order chi connectivity index (χ1) is 8.24. The van der Waals surface area contributed by atoms with E-state index in [2.05, 4.69) is 39.9 Å². The Bertz CT molecular complexity index is 281. The Morgan fingerprint density at radius 3 is 2.17 bits per heavy atom. The lowest BCUT2D eigenvalue weighted by molar-refractivity contribution is -0.132. The highest BCUT2D eigenvalue weighted by Gasteiger charge is 2.60. The van der Waals surface area contributed by atoms with E-state index in [4.69, 9.17) is 5.73 Å². The molecule has 3 nitrogen and oxygen atoms in total. The van der Waals surface area contributed by atoms with Crippen LogP contribution in [-0.2, 0) is 4.79 Å². The molecule has 0 spiro atoms. The summed E-state index contributed by atoms with van der Waals surface area (Å²) in [6.45, 7) is 10.8. The number of carbonyl (C=O) groups is 1. The third kappa shape index (κ3) is 2.87. The van der Waals surface area contributed by atoms with Gasteiger partial charge < -0.3 is 11.1 Å². The molecule has 18 heavy (non-hydrogen) atoms. The van der Waals surface area contributed by atoms with Gasteiger partial charge in [0.05, 0.1) is 0 Å². The van der Waals surface area contributed by atoms with Gasteiger partial charge in [-0.1, -0.05) is 53.9 Å². The Balaban J connectivity index is 2.40. The number of nitrogens with two attached hydrogens (primary N) is 1. The van der Waals surface area contributed by atoms with Gasteiger partial charge in [-0.05, 0) is 6.42 Å². The third-order valence-corrected chi connectivity index (χ3v) is 4.65. The van der Waals surface area contributed by atoms with Gasteiger partial charge in [-0.25, -0.2) is 0 Å². The van der Waals surface area contributed by atoms with Crippen LogP contribution in [0.25, 0.3) is 0 Å². The molecule has 1 saturated carbocycles. The van der Waals surface area contributed by atoms with Crippen molar-refractivity contribution in [1.29, 1.82) is 0 Å². The van der Waals surface area contributed by atoms with Crippen molar-refractivity contribution in [2.75, 3.05) is 0 Å². The summed E-state index contributed by atoms with van der Waals surface area (Å²) < 4.78 is 0. The second-order valence-electron chi connectivity index (χ2n) is 6.93. The molecule has 3 heteroatoms. The molecule has 1 amide bonds. The Morgan fingerprint density at radius 1 is 1.11 bits per heavy atom. The molecule has 1 aliphatic rings. The minimum absolute atomic E-state index is 0.00256. The molecular weight excluding hydrogens is 224 g/mol. The van der Waals surface area contributed by atoms with Crippen LogP contribution in [0, 0.1) is 10.8 Å². The highest BCUT2D eigenvalue weighted by molar-refractivity contribution is 5.76. The molecule has 0 atom stereocenters. The molecule has 0 aromatic carbocycles. The van der Waals surface area contributed by atoms with Crippen molar-refractivity contribution in [1.82, 2.24) is 5.32 Å². The third-order valence-electron chi connectivity index (χ3n) is 4.65. The van der Waals surface area contributed by atoms with Crippen molar-refractivity contribution < 1.29 is 4.79 Å². The smallest absolute Gasteiger partial charge is 0.220 e. The fraction of sp³-hybridized carbons (Fsp3) is 0.933. The molecule has 0 saturated heterocycles. The lowest BCUT2D eigenvalue weighted by atomic mass is 9.48. The molecular formula is C15H30N2O. The second kappa shape index (κ2) is 5.60. The lowest BCUT2D eigenvalue weighted by Crippen LogP contribution is -2.76. The van der Waals surface area contributed by atoms with Crippen molar-refractivity contribution in [3.63, 3.8) is 0 Å². The van der Waals surface area contributed by atoms with Gasteiger partial charge in [0, 0.05) is 29.3 Å². The molecule has 0 aromatic rings. The van der Waals surface area contributed by atoms with Crippen molar-refractivity contribution in [2.45, 2.75) is 78.8 Å². The number of rotatable bonds is 6. The van der Waals surface area contributed by atoms with Gasteiger partial charge in [-0.15, -0.1) is 0 Å². The zero-order valence-corrected chi connectivity index (χ0v) is 12.7. The highest BCUT2D eigenvalue weighted by atomic mass is 16.1. The second-order valence-corrected chi connectivity index (χ2v) is 6.93. The lowest BCUT2D eigenvalue weighted by Gasteiger charge is -2.62. The molecule has 0 aliphatic heterocycles. The van der Waals surface area contributed by atoms with Crippen molar-refractivity contribution >= 4 is 5.91 Å². The van der Waals surface area contributed by atoms with Crippen LogP contribution in [-0.4, -0.2) is 18.0 Å². The highest BCUT2D eigenvalue weighted by Crippen LogP contribution is 2.52. The molecule has 0 heterocycles. The first-order valence-electron chi connectivity index (χ1n) is 7.29. The molecule has 0 radical (unpaired) electrons. The summed E-state index contributed by atoms with van der Waals surface area (Å²) in [5, 5.41) is 3.19. The SMILES string of the molecule is CCCCCCC(=O)NC1C(C)(C)C(N)C1(C)C. The number of hydrogen-bond acceptors (Lipinski definition) is 2. The Kier molecular flexibility index (Phi) is 4.82. The monoisotopic (exact) mass is 254 g/mol. The Hall–Kier alpha value is -0.570. The number of nitrogens with one attached hydrogen (secondary N) is 1. The molecule has 1 aliphatic carbocycles. The van der Waals surface area contributed by atoms with Crippen LogP contribution in [0.15, 0.2) is 0 Å². The first kappa shape index (κ1) is 15.5. The van der Waals surface area contributed by atoms with Crippen molar-refractivity contribution in [3.05, 3.63) is 0 Å². The number of amides is 1. The van der Waals surface area contributed by atoms with E-state index >= 15 is 0 Å². The number of unbranched alkanes of at least 4 members (excludes halogenated alkanes) is 3. The topological polar surface area (TPSA) is 55.1 Å². The van der Waals surface area contributed by atoms with E-state index in [1.807, 2.05) is 0 Å². The molecule has 3 N–H and O–H groups in total. The summed E-state index contributed by atoms with van der Waals surface area (Å²) in [5.41, 5.74) is 6.19. The van der Waals surface area contributed by atoms with Gasteiger partial charge in [0.2, 0.25) is 5.91 Å². The van der Waals surface area contributed by atoms with Crippen LogP contribution in [0.3, 0.4) is 0 Å². The van der Waals surface area contributed by atoms with E-state index in [1.165, 1.54) is 12.8 Å². The summed E-state index contributed by atoms with van der Waals surface area (Å²) in [5.74, 6) is 0.184. The standard InChI is InChI=1S/C15H30N2O/c1-6-7-8-9-10-11(18)17-13-14(2,3)12(16)15(13,4)5/h12-13H,6-10,16H2,1-5H3,(H,17,18). The van der Waals surface area contributed by atoms with Crippen molar-refractivity contribution in [3.8, 4) is 0 Å². The van der Waals surface area contributed by atoms with Gasteiger partial charge in [-0.2, -0.15) is 0 Å². The zero-order chi connectivity index (χ0) is 14.0. The van der Waals surface area contributed by atoms with E-state index in [0.29, 0.717) is 6.42 Å². The van der Waals surface area contributed by atoms with E-state index in [9.17, 15) is 4.79 Å². The van der Waals surface area contributed by atoms with Crippen LogP contribution >= 0.6 is 0 Å². The summed E-state index contributed by atoms with van der Waals surface area (Å²) >= 11 is 0. The summed E-state index contributed by atoms with van der Waals surface area (Å²) in [6.07, 6.45) is 5.23. The molecule has 0 unspecified atom stereocenters. The van der Waals surface area contributed by atoms with E-state index in [0.717, 1.165) is 12.8 Å².